The number of nitrogens with zero attached hydrogens (tertiary/aromatic N) is 2. The highest BCUT2D eigenvalue weighted by molar-refractivity contribution is 5.66. The number of aryl methyl sites for hydroxylation is 1. The molecule has 17 heavy (non-hydrogen) atoms. The van der Waals surface area contributed by atoms with Crippen LogP contribution in [0.4, 0.5) is 11.4 Å². The Kier molecular flexibility index (Phi) is 3.37. The largest absolute Gasteiger partial charge is 0.353 e. The van der Waals surface area contributed by atoms with Gasteiger partial charge in [-0.15, -0.1) is 0 Å². The molecule has 2 rings (SSSR count). The summed E-state index contributed by atoms with van der Waals surface area (Å²) in [5, 5.41) is 12.2. The zero-order valence-electron chi connectivity index (χ0n) is 9.64. The van der Waals surface area contributed by atoms with Gasteiger partial charge in [-0.25, -0.2) is 0 Å². The standard InChI is InChI=1S/C14H13N3/c1-2-11-7-13(10-16-9-11)17-14-6-4-3-5-12(14)8-15/h3-7,9-10,17H,2H2,1H3. The van der Waals surface area contributed by atoms with Gasteiger partial charge in [0, 0.05) is 6.20 Å². The Morgan fingerprint density at radius 2 is 2.12 bits per heavy atom. The topological polar surface area (TPSA) is 48.7 Å². The van der Waals surface area contributed by atoms with E-state index >= 15 is 0 Å². The summed E-state index contributed by atoms with van der Waals surface area (Å²) in [4.78, 5) is 4.16. The number of hydrogen-bond acceptors (Lipinski definition) is 3. The lowest BCUT2D eigenvalue weighted by atomic mass is 10.2. The van der Waals surface area contributed by atoms with Gasteiger partial charge in [-0.2, -0.15) is 5.26 Å². The molecule has 84 valence electrons. The van der Waals surface area contributed by atoms with Crippen LogP contribution in [0.25, 0.3) is 0 Å². The second-order valence-electron chi connectivity index (χ2n) is 3.72. The van der Waals surface area contributed by atoms with Crippen molar-refractivity contribution in [2.45, 2.75) is 13.3 Å². The first-order chi connectivity index (χ1) is 8.33. The number of benzene rings is 1. The molecule has 0 spiro atoms. The van der Waals surface area contributed by atoms with E-state index in [9.17, 15) is 0 Å². The Bertz CT molecular complexity index is 555. The zero-order valence-corrected chi connectivity index (χ0v) is 9.64. The Balaban J connectivity index is 2.28. The number of nitrogens with one attached hydrogen (secondary N) is 1. The fourth-order valence-corrected chi connectivity index (χ4v) is 1.59. The van der Waals surface area contributed by atoms with E-state index in [2.05, 4.69) is 23.3 Å². The van der Waals surface area contributed by atoms with Crippen LogP contribution in [0.2, 0.25) is 0 Å². The molecule has 3 nitrogen and oxygen atoms in total. The average Bonchev–Trinajstić information content (AvgIpc) is 2.39. The van der Waals surface area contributed by atoms with Crippen molar-refractivity contribution >= 4 is 11.4 Å². The van der Waals surface area contributed by atoms with E-state index in [1.807, 2.05) is 30.5 Å². The first kappa shape index (κ1) is 11.2. The van der Waals surface area contributed by atoms with Gasteiger partial charge in [0.2, 0.25) is 0 Å². The Morgan fingerprint density at radius 3 is 2.88 bits per heavy atom. The molecule has 0 amide bonds. The lowest BCUT2D eigenvalue weighted by Crippen LogP contribution is -1.95. The minimum Gasteiger partial charge on any atom is -0.353 e. The lowest BCUT2D eigenvalue weighted by molar-refractivity contribution is 1.10. The number of hydrogen-bond donors (Lipinski definition) is 1. The first-order valence-electron chi connectivity index (χ1n) is 5.53. The number of aromatic nitrogens is 1. The summed E-state index contributed by atoms with van der Waals surface area (Å²) in [6.45, 7) is 2.09. The van der Waals surface area contributed by atoms with Gasteiger partial charge in [0.1, 0.15) is 6.07 Å². The van der Waals surface area contributed by atoms with Gasteiger partial charge >= 0.3 is 0 Å². The predicted molar refractivity (Wildman–Crippen MR) is 68.1 cm³/mol. The number of pyridine rings is 1. The number of anilines is 2. The summed E-state index contributed by atoms with van der Waals surface area (Å²) < 4.78 is 0. The van der Waals surface area contributed by atoms with Crippen molar-refractivity contribution in [3.05, 3.63) is 53.9 Å². The van der Waals surface area contributed by atoms with Gasteiger partial charge in [-0.3, -0.25) is 4.98 Å². The number of para-hydroxylation sites is 1. The summed E-state index contributed by atoms with van der Waals surface area (Å²) in [7, 11) is 0. The van der Waals surface area contributed by atoms with Gasteiger partial charge < -0.3 is 5.32 Å². The molecule has 0 saturated heterocycles. The van der Waals surface area contributed by atoms with Gasteiger partial charge in [0.15, 0.2) is 0 Å². The molecule has 1 aromatic carbocycles. The SMILES string of the molecule is CCc1cncc(Nc2ccccc2C#N)c1. The maximum Gasteiger partial charge on any atom is 0.101 e. The molecule has 0 aliphatic carbocycles. The van der Waals surface area contributed by atoms with Crippen molar-refractivity contribution in [2.24, 2.45) is 0 Å². The third-order valence-electron chi connectivity index (χ3n) is 2.53. The van der Waals surface area contributed by atoms with E-state index in [-0.39, 0.29) is 0 Å². The third-order valence-corrected chi connectivity index (χ3v) is 2.53. The average molecular weight is 223 g/mol. The molecule has 0 aliphatic rings. The predicted octanol–water partition coefficient (Wildman–Crippen LogP) is 3.26. The highest BCUT2D eigenvalue weighted by Gasteiger charge is 2.01. The molecule has 0 radical (unpaired) electrons. The molecule has 3 heteroatoms. The van der Waals surface area contributed by atoms with Crippen molar-refractivity contribution in [3.63, 3.8) is 0 Å². The third kappa shape index (κ3) is 2.61. The minimum absolute atomic E-state index is 0.634. The number of rotatable bonds is 3. The van der Waals surface area contributed by atoms with E-state index in [1.165, 1.54) is 5.56 Å². The molecule has 2 aromatic rings. The molecule has 0 fully saturated rings. The summed E-state index contributed by atoms with van der Waals surface area (Å²) in [5.41, 5.74) is 3.52. The van der Waals surface area contributed by atoms with Gasteiger partial charge in [-0.1, -0.05) is 19.1 Å². The maximum absolute atomic E-state index is 8.99. The summed E-state index contributed by atoms with van der Waals surface area (Å²) in [6, 6.07) is 11.6. The minimum atomic E-state index is 0.634. The molecule has 0 unspecified atom stereocenters. The fraction of sp³-hybridized carbons (Fsp3) is 0.143. The smallest absolute Gasteiger partial charge is 0.101 e. The van der Waals surface area contributed by atoms with Crippen LogP contribution < -0.4 is 5.32 Å². The van der Waals surface area contributed by atoms with E-state index in [4.69, 9.17) is 5.26 Å². The van der Waals surface area contributed by atoms with Crippen LogP contribution in [-0.2, 0) is 6.42 Å². The van der Waals surface area contributed by atoms with E-state index in [1.54, 1.807) is 12.3 Å². The number of nitriles is 1. The maximum atomic E-state index is 8.99. The quantitative estimate of drug-likeness (QED) is 0.868. The van der Waals surface area contributed by atoms with Gasteiger partial charge in [0.25, 0.3) is 0 Å². The highest BCUT2D eigenvalue weighted by Crippen LogP contribution is 2.20. The molecule has 0 saturated carbocycles. The molecule has 0 bridgehead atoms. The summed E-state index contributed by atoms with van der Waals surface area (Å²) >= 11 is 0. The Hall–Kier alpha value is -2.34. The van der Waals surface area contributed by atoms with Gasteiger partial charge in [0.05, 0.1) is 23.1 Å². The van der Waals surface area contributed by atoms with Gasteiger partial charge in [-0.05, 0) is 30.2 Å². The second kappa shape index (κ2) is 5.13. The molecule has 1 heterocycles. The lowest BCUT2D eigenvalue weighted by Gasteiger charge is -2.08. The molecule has 0 aliphatic heterocycles. The fourth-order valence-electron chi connectivity index (χ4n) is 1.59. The molecule has 0 atom stereocenters. The van der Waals surface area contributed by atoms with Crippen LogP contribution in [0.15, 0.2) is 42.7 Å². The van der Waals surface area contributed by atoms with E-state index in [0.717, 1.165) is 17.8 Å². The molecule has 1 N–H and O–H groups in total. The van der Waals surface area contributed by atoms with Crippen LogP contribution in [0, 0.1) is 11.3 Å². The first-order valence-corrected chi connectivity index (χ1v) is 5.53. The summed E-state index contributed by atoms with van der Waals surface area (Å²) in [6.07, 6.45) is 4.55. The molecular formula is C14H13N3. The zero-order chi connectivity index (χ0) is 12.1. The monoisotopic (exact) mass is 223 g/mol. The Labute approximate surface area is 101 Å². The normalized spacial score (nSPS) is 9.65. The van der Waals surface area contributed by atoms with Crippen molar-refractivity contribution < 1.29 is 0 Å². The summed E-state index contributed by atoms with van der Waals surface area (Å²) in [5.74, 6) is 0. The van der Waals surface area contributed by atoms with E-state index < -0.39 is 0 Å². The van der Waals surface area contributed by atoms with Crippen molar-refractivity contribution in [2.75, 3.05) is 5.32 Å². The molecular weight excluding hydrogens is 210 g/mol. The van der Waals surface area contributed by atoms with E-state index in [0.29, 0.717) is 5.56 Å². The van der Waals surface area contributed by atoms with Crippen LogP contribution >= 0.6 is 0 Å². The van der Waals surface area contributed by atoms with Crippen LogP contribution in [0.3, 0.4) is 0 Å². The van der Waals surface area contributed by atoms with Crippen LogP contribution in [-0.4, -0.2) is 4.98 Å². The van der Waals surface area contributed by atoms with Crippen LogP contribution in [0.1, 0.15) is 18.1 Å². The highest BCUT2D eigenvalue weighted by atomic mass is 14.9. The van der Waals surface area contributed by atoms with Crippen molar-refractivity contribution in [1.82, 2.24) is 4.98 Å². The van der Waals surface area contributed by atoms with Crippen LogP contribution in [0.5, 0.6) is 0 Å². The second-order valence-corrected chi connectivity index (χ2v) is 3.72. The molecule has 1 aromatic heterocycles. The van der Waals surface area contributed by atoms with Crippen molar-refractivity contribution in [3.8, 4) is 6.07 Å². The van der Waals surface area contributed by atoms with Crippen molar-refractivity contribution in [1.29, 1.82) is 5.26 Å². The Morgan fingerprint density at radius 1 is 1.29 bits per heavy atom.